The molecular weight excluding hydrogens is 426 g/mol. The van der Waals surface area contributed by atoms with Gasteiger partial charge in [-0.2, -0.15) is 0 Å². The highest BCUT2D eigenvalue weighted by molar-refractivity contribution is 5.96. The van der Waals surface area contributed by atoms with Gasteiger partial charge in [-0.1, -0.05) is 54.6 Å². The lowest BCUT2D eigenvalue weighted by molar-refractivity contribution is -0.121. The molecule has 6 heteroatoms. The number of piperidine rings is 1. The summed E-state index contributed by atoms with van der Waals surface area (Å²) in [5.41, 5.74) is 3.91. The molecule has 1 heterocycles. The normalized spacial score (nSPS) is 14.4. The summed E-state index contributed by atoms with van der Waals surface area (Å²) in [6.45, 7) is 2.69. The van der Waals surface area contributed by atoms with Crippen LogP contribution in [0.15, 0.2) is 78.9 Å². The zero-order chi connectivity index (χ0) is 23.8. The van der Waals surface area contributed by atoms with Crippen LogP contribution in [-0.4, -0.2) is 49.5 Å². The first kappa shape index (κ1) is 23.5. The number of carbonyl (C=O) groups excluding carboxylic acids is 2. The van der Waals surface area contributed by atoms with Crippen molar-refractivity contribution >= 4 is 11.8 Å². The fourth-order valence-corrected chi connectivity index (χ4v) is 4.25. The molecule has 0 aliphatic carbocycles. The van der Waals surface area contributed by atoms with Gasteiger partial charge in [-0.15, -0.1) is 0 Å². The van der Waals surface area contributed by atoms with E-state index in [1.54, 1.807) is 19.2 Å². The van der Waals surface area contributed by atoms with Crippen LogP contribution < -0.4 is 15.4 Å². The zero-order valence-corrected chi connectivity index (χ0v) is 19.5. The van der Waals surface area contributed by atoms with Crippen molar-refractivity contribution < 1.29 is 14.3 Å². The lowest BCUT2D eigenvalue weighted by Crippen LogP contribution is -2.47. The molecule has 1 aliphatic rings. The molecule has 6 nitrogen and oxygen atoms in total. The number of ether oxygens (including phenoxy) is 1. The molecule has 0 spiro atoms. The number of amides is 2. The lowest BCUT2D eigenvalue weighted by atomic mass is 10.0. The van der Waals surface area contributed by atoms with Crippen molar-refractivity contribution in [3.05, 3.63) is 90.0 Å². The van der Waals surface area contributed by atoms with Gasteiger partial charge in [0.25, 0.3) is 5.91 Å². The maximum Gasteiger partial charge on any atom is 0.251 e. The molecule has 2 N–H and O–H groups in total. The number of methoxy groups -OCH3 is 1. The Morgan fingerprint density at radius 3 is 2.32 bits per heavy atom. The van der Waals surface area contributed by atoms with Crippen LogP contribution in [0, 0.1) is 0 Å². The van der Waals surface area contributed by atoms with E-state index in [2.05, 4.69) is 27.7 Å². The van der Waals surface area contributed by atoms with E-state index in [4.69, 9.17) is 4.74 Å². The smallest absolute Gasteiger partial charge is 0.251 e. The van der Waals surface area contributed by atoms with Gasteiger partial charge in [0.05, 0.1) is 13.7 Å². The van der Waals surface area contributed by atoms with Crippen molar-refractivity contribution in [2.45, 2.75) is 25.4 Å². The molecule has 3 aromatic rings. The van der Waals surface area contributed by atoms with Gasteiger partial charge in [-0.05, 0) is 53.8 Å². The average Bonchev–Trinajstić information content (AvgIpc) is 2.89. The third-order valence-electron chi connectivity index (χ3n) is 6.16. The van der Waals surface area contributed by atoms with Gasteiger partial charge >= 0.3 is 0 Å². The highest BCUT2D eigenvalue weighted by Gasteiger charge is 2.21. The van der Waals surface area contributed by atoms with E-state index in [1.807, 2.05) is 54.6 Å². The van der Waals surface area contributed by atoms with Crippen LogP contribution in [0.3, 0.4) is 0 Å². The molecular formula is C28H31N3O3. The molecule has 176 valence electrons. The van der Waals surface area contributed by atoms with Crippen LogP contribution in [0.25, 0.3) is 11.1 Å². The quantitative estimate of drug-likeness (QED) is 0.539. The molecule has 0 saturated carbocycles. The fourth-order valence-electron chi connectivity index (χ4n) is 4.25. The van der Waals surface area contributed by atoms with Crippen LogP contribution >= 0.6 is 0 Å². The maximum absolute atomic E-state index is 12.4. The van der Waals surface area contributed by atoms with E-state index < -0.39 is 0 Å². The first-order valence-electron chi connectivity index (χ1n) is 11.7. The van der Waals surface area contributed by atoms with Crippen LogP contribution in [-0.2, 0) is 11.3 Å². The molecule has 0 atom stereocenters. The monoisotopic (exact) mass is 457 g/mol. The lowest BCUT2D eigenvalue weighted by Gasteiger charge is -2.32. The molecule has 3 aromatic carbocycles. The molecule has 1 fully saturated rings. The molecule has 0 unspecified atom stereocenters. The second kappa shape index (κ2) is 11.5. The van der Waals surface area contributed by atoms with Crippen molar-refractivity contribution in [2.75, 3.05) is 26.7 Å². The Labute approximate surface area is 200 Å². The number of hydrogen-bond acceptors (Lipinski definition) is 4. The van der Waals surface area contributed by atoms with Gasteiger partial charge in [-0.25, -0.2) is 0 Å². The van der Waals surface area contributed by atoms with E-state index in [-0.39, 0.29) is 24.4 Å². The van der Waals surface area contributed by atoms with Crippen molar-refractivity contribution in [1.82, 2.24) is 15.5 Å². The van der Waals surface area contributed by atoms with Crippen molar-refractivity contribution in [1.29, 1.82) is 0 Å². The topological polar surface area (TPSA) is 70.7 Å². The highest BCUT2D eigenvalue weighted by atomic mass is 16.5. The van der Waals surface area contributed by atoms with Crippen LogP contribution in [0.2, 0.25) is 0 Å². The van der Waals surface area contributed by atoms with Gasteiger partial charge in [-0.3, -0.25) is 14.5 Å². The van der Waals surface area contributed by atoms with Gasteiger partial charge < -0.3 is 15.4 Å². The summed E-state index contributed by atoms with van der Waals surface area (Å²) in [6.07, 6.45) is 1.79. The van der Waals surface area contributed by atoms with Crippen molar-refractivity contribution in [3.63, 3.8) is 0 Å². The van der Waals surface area contributed by atoms with E-state index in [1.165, 1.54) is 5.56 Å². The summed E-state index contributed by atoms with van der Waals surface area (Å²) in [5.74, 6) is 0.470. The molecule has 1 aliphatic heterocycles. The van der Waals surface area contributed by atoms with Crippen molar-refractivity contribution in [2.24, 2.45) is 0 Å². The van der Waals surface area contributed by atoms with Gasteiger partial charge in [0.2, 0.25) is 5.91 Å². The minimum atomic E-state index is -0.247. The average molecular weight is 458 g/mol. The SMILES string of the molecule is COc1cccc(CN2CCC(NC(=O)CNC(=O)c3ccc(-c4ccccc4)cc3)CC2)c1. The van der Waals surface area contributed by atoms with E-state index >= 15 is 0 Å². The van der Waals surface area contributed by atoms with Gasteiger partial charge in [0.15, 0.2) is 0 Å². The van der Waals surface area contributed by atoms with Crippen LogP contribution in [0.5, 0.6) is 5.75 Å². The number of carbonyl (C=O) groups is 2. The summed E-state index contributed by atoms with van der Waals surface area (Å²) < 4.78 is 5.30. The Morgan fingerprint density at radius 1 is 0.912 bits per heavy atom. The molecule has 0 aromatic heterocycles. The first-order valence-corrected chi connectivity index (χ1v) is 11.7. The van der Waals surface area contributed by atoms with E-state index in [0.29, 0.717) is 5.56 Å². The second-order valence-electron chi connectivity index (χ2n) is 8.60. The summed E-state index contributed by atoms with van der Waals surface area (Å²) >= 11 is 0. The summed E-state index contributed by atoms with van der Waals surface area (Å²) in [7, 11) is 1.68. The summed E-state index contributed by atoms with van der Waals surface area (Å²) in [6, 6.07) is 25.7. The highest BCUT2D eigenvalue weighted by Crippen LogP contribution is 2.19. The Balaban J connectivity index is 1.18. The molecule has 1 saturated heterocycles. The second-order valence-corrected chi connectivity index (χ2v) is 8.60. The Morgan fingerprint density at radius 2 is 1.62 bits per heavy atom. The van der Waals surface area contributed by atoms with E-state index in [0.717, 1.165) is 49.4 Å². The molecule has 0 radical (unpaired) electrons. The minimum Gasteiger partial charge on any atom is -0.497 e. The zero-order valence-electron chi connectivity index (χ0n) is 19.5. The number of likely N-dealkylation sites (tertiary alicyclic amines) is 1. The number of nitrogens with zero attached hydrogens (tertiary/aromatic N) is 1. The summed E-state index contributed by atoms with van der Waals surface area (Å²) in [4.78, 5) is 27.2. The largest absolute Gasteiger partial charge is 0.497 e. The van der Waals surface area contributed by atoms with Crippen molar-refractivity contribution in [3.8, 4) is 16.9 Å². The third-order valence-corrected chi connectivity index (χ3v) is 6.16. The Kier molecular flexibility index (Phi) is 7.94. The standard InChI is InChI=1S/C28H31N3O3/c1-34-26-9-5-6-21(18-26)20-31-16-14-25(15-17-31)30-27(32)19-29-28(33)24-12-10-23(11-13-24)22-7-3-2-4-8-22/h2-13,18,25H,14-17,19-20H2,1H3,(H,29,33)(H,30,32). The Bertz CT molecular complexity index is 1090. The number of hydrogen-bond donors (Lipinski definition) is 2. The number of benzene rings is 3. The molecule has 0 bridgehead atoms. The van der Waals surface area contributed by atoms with E-state index in [9.17, 15) is 9.59 Å². The molecule has 2 amide bonds. The maximum atomic E-state index is 12.4. The minimum absolute atomic E-state index is 0.0245. The first-order chi connectivity index (χ1) is 16.6. The number of rotatable bonds is 8. The summed E-state index contributed by atoms with van der Waals surface area (Å²) in [5, 5.41) is 5.79. The van der Waals surface area contributed by atoms with Gasteiger partial charge in [0, 0.05) is 31.2 Å². The van der Waals surface area contributed by atoms with Gasteiger partial charge in [0.1, 0.15) is 5.75 Å². The predicted molar refractivity (Wildman–Crippen MR) is 134 cm³/mol. The number of nitrogens with one attached hydrogen (secondary N) is 2. The fraction of sp³-hybridized carbons (Fsp3) is 0.286. The Hall–Kier alpha value is -3.64. The van der Waals surface area contributed by atoms with Crippen LogP contribution in [0.1, 0.15) is 28.8 Å². The third kappa shape index (κ3) is 6.45. The van der Waals surface area contributed by atoms with Crippen LogP contribution in [0.4, 0.5) is 0 Å². The molecule has 34 heavy (non-hydrogen) atoms. The predicted octanol–water partition coefficient (Wildman–Crippen LogP) is 3.87. The molecule has 4 rings (SSSR count).